The van der Waals surface area contributed by atoms with Crippen LogP contribution in [-0.4, -0.2) is 13.3 Å². The Balaban J connectivity index is 3.31. The predicted molar refractivity (Wildman–Crippen MR) is 43.1 cm³/mol. The molecule has 0 radical (unpaired) electrons. The summed E-state index contributed by atoms with van der Waals surface area (Å²) in [6.45, 7) is 8.56. The molecule has 0 spiro atoms. The molecule has 1 nitrogen and oxygen atoms in total. The molecule has 0 aromatic rings. The van der Waals surface area contributed by atoms with E-state index in [1.165, 1.54) is 5.57 Å². The van der Waals surface area contributed by atoms with Crippen LogP contribution in [0.15, 0.2) is 16.6 Å². The number of allylic oxidation sites excluding steroid dienone is 1. The molecule has 0 aromatic heterocycles. The van der Waals surface area contributed by atoms with Crippen LogP contribution in [0.1, 0.15) is 26.7 Å². The van der Waals surface area contributed by atoms with Gasteiger partial charge in [0.05, 0.1) is 0 Å². The fraction of sp³-hybridized carbons (Fsp3) is 0.625. The van der Waals surface area contributed by atoms with Gasteiger partial charge in [0.1, 0.15) is 0 Å². The highest BCUT2D eigenvalue weighted by atomic mass is 14.7. The Kier molecular flexibility index (Phi) is 5.18. The second-order valence-corrected chi connectivity index (χ2v) is 2.14. The Morgan fingerprint density at radius 1 is 1.67 bits per heavy atom. The molecule has 0 rings (SSSR count). The van der Waals surface area contributed by atoms with Crippen LogP contribution in [0.5, 0.6) is 0 Å². The topological polar surface area (TPSA) is 12.4 Å². The molecular weight excluding hydrogens is 110 g/mol. The van der Waals surface area contributed by atoms with Crippen molar-refractivity contribution in [2.24, 2.45) is 4.99 Å². The lowest BCUT2D eigenvalue weighted by atomic mass is 10.2. The van der Waals surface area contributed by atoms with Crippen molar-refractivity contribution in [3.05, 3.63) is 11.6 Å². The highest BCUT2D eigenvalue weighted by molar-refractivity contribution is 5.23. The minimum Gasteiger partial charge on any atom is -0.301 e. The molecule has 0 bridgehead atoms. The summed E-state index contributed by atoms with van der Waals surface area (Å²) in [6.07, 6.45) is 4.41. The third-order valence-corrected chi connectivity index (χ3v) is 1.34. The number of rotatable bonds is 4. The molecule has 0 aromatic carbocycles. The predicted octanol–water partition coefficient (Wildman–Crippen LogP) is 2.43. The Morgan fingerprint density at radius 2 is 2.33 bits per heavy atom. The van der Waals surface area contributed by atoms with Crippen molar-refractivity contribution in [3.63, 3.8) is 0 Å². The van der Waals surface area contributed by atoms with Crippen molar-refractivity contribution in [2.45, 2.75) is 26.7 Å². The second kappa shape index (κ2) is 5.54. The van der Waals surface area contributed by atoms with Crippen molar-refractivity contribution in [1.29, 1.82) is 0 Å². The Morgan fingerprint density at radius 3 is 2.78 bits per heavy atom. The minimum absolute atomic E-state index is 0.858. The maximum Gasteiger partial charge on any atom is 0.0416 e. The molecule has 1 heteroatoms. The van der Waals surface area contributed by atoms with Gasteiger partial charge in [-0.05, 0) is 26.5 Å². The van der Waals surface area contributed by atoms with Gasteiger partial charge in [-0.1, -0.05) is 18.6 Å². The number of nitrogens with zero attached hydrogens (tertiary/aromatic N) is 1. The summed E-state index contributed by atoms with van der Waals surface area (Å²) in [5.41, 5.74) is 1.44. The molecule has 0 saturated heterocycles. The van der Waals surface area contributed by atoms with Gasteiger partial charge in [0.2, 0.25) is 0 Å². The van der Waals surface area contributed by atoms with Crippen molar-refractivity contribution < 1.29 is 0 Å². The molecule has 52 valence electrons. The molecule has 0 N–H and O–H groups in total. The van der Waals surface area contributed by atoms with E-state index in [-0.39, 0.29) is 0 Å². The third-order valence-electron chi connectivity index (χ3n) is 1.34. The minimum atomic E-state index is 0.858. The molecule has 0 saturated carbocycles. The van der Waals surface area contributed by atoms with Gasteiger partial charge in [0.15, 0.2) is 0 Å². The van der Waals surface area contributed by atoms with E-state index < -0.39 is 0 Å². The molecule has 0 aliphatic carbocycles. The van der Waals surface area contributed by atoms with E-state index in [2.05, 4.69) is 31.6 Å². The fourth-order valence-electron chi connectivity index (χ4n) is 0.547. The van der Waals surface area contributed by atoms with Gasteiger partial charge in [-0.15, -0.1) is 0 Å². The van der Waals surface area contributed by atoms with Crippen LogP contribution in [0.25, 0.3) is 0 Å². The Hall–Kier alpha value is -0.590. The average Bonchev–Trinajstić information content (AvgIpc) is 1.89. The molecule has 0 aliphatic heterocycles. The van der Waals surface area contributed by atoms with Crippen molar-refractivity contribution in [3.8, 4) is 0 Å². The van der Waals surface area contributed by atoms with Gasteiger partial charge in [-0.25, -0.2) is 0 Å². The summed E-state index contributed by atoms with van der Waals surface area (Å²) in [6, 6.07) is 0. The first-order valence-electron chi connectivity index (χ1n) is 3.39. The van der Waals surface area contributed by atoms with E-state index in [1.54, 1.807) is 0 Å². The average molecular weight is 125 g/mol. The van der Waals surface area contributed by atoms with E-state index in [9.17, 15) is 0 Å². The van der Waals surface area contributed by atoms with Gasteiger partial charge >= 0.3 is 0 Å². The first-order chi connectivity index (χ1) is 4.31. The van der Waals surface area contributed by atoms with Crippen LogP contribution >= 0.6 is 0 Å². The highest BCUT2D eigenvalue weighted by Crippen LogP contribution is 1.98. The number of hydrogen-bond donors (Lipinski definition) is 0. The van der Waals surface area contributed by atoms with Crippen LogP contribution in [0.2, 0.25) is 0 Å². The molecular formula is C8H15N. The van der Waals surface area contributed by atoms with Crippen LogP contribution in [-0.2, 0) is 0 Å². The summed E-state index contributed by atoms with van der Waals surface area (Å²) in [7, 11) is 0. The van der Waals surface area contributed by atoms with E-state index in [4.69, 9.17) is 0 Å². The lowest BCUT2D eigenvalue weighted by Gasteiger charge is -1.91. The standard InChI is InChI=1S/C8H15N/c1-4-8(2)6-5-7-9-3/h6H,3-5,7H2,1-2H3. The summed E-state index contributed by atoms with van der Waals surface area (Å²) < 4.78 is 0. The van der Waals surface area contributed by atoms with E-state index in [0.29, 0.717) is 0 Å². The second-order valence-electron chi connectivity index (χ2n) is 2.14. The van der Waals surface area contributed by atoms with Crippen molar-refractivity contribution in [1.82, 2.24) is 0 Å². The maximum atomic E-state index is 3.75. The molecule has 0 atom stereocenters. The quantitative estimate of drug-likeness (QED) is 0.311. The zero-order valence-corrected chi connectivity index (χ0v) is 6.35. The fourth-order valence-corrected chi connectivity index (χ4v) is 0.547. The first kappa shape index (κ1) is 8.41. The van der Waals surface area contributed by atoms with E-state index >= 15 is 0 Å². The summed E-state index contributed by atoms with van der Waals surface area (Å²) in [4.78, 5) is 3.75. The van der Waals surface area contributed by atoms with E-state index in [1.807, 2.05) is 0 Å². The van der Waals surface area contributed by atoms with E-state index in [0.717, 1.165) is 19.4 Å². The SMILES string of the molecule is C=NCCC=C(C)CC. The lowest BCUT2D eigenvalue weighted by molar-refractivity contribution is 0.980. The van der Waals surface area contributed by atoms with Crippen molar-refractivity contribution >= 4 is 6.72 Å². The molecule has 0 heterocycles. The highest BCUT2D eigenvalue weighted by Gasteiger charge is 1.81. The van der Waals surface area contributed by atoms with Crippen LogP contribution in [0.3, 0.4) is 0 Å². The van der Waals surface area contributed by atoms with Gasteiger partial charge in [0, 0.05) is 6.54 Å². The largest absolute Gasteiger partial charge is 0.301 e. The first-order valence-corrected chi connectivity index (χ1v) is 3.39. The lowest BCUT2D eigenvalue weighted by Crippen LogP contribution is -1.76. The summed E-state index contributed by atoms with van der Waals surface area (Å²) in [5, 5.41) is 0. The van der Waals surface area contributed by atoms with Gasteiger partial charge in [0.25, 0.3) is 0 Å². The van der Waals surface area contributed by atoms with Crippen molar-refractivity contribution in [2.75, 3.05) is 6.54 Å². The third kappa shape index (κ3) is 5.28. The van der Waals surface area contributed by atoms with Crippen LogP contribution in [0.4, 0.5) is 0 Å². The Bertz CT molecular complexity index is 103. The smallest absolute Gasteiger partial charge is 0.0416 e. The Labute approximate surface area is 57.5 Å². The van der Waals surface area contributed by atoms with Crippen LogP contribution in [0, 0.1) is 0 Å². The number of hydrogen-bond acceptors (Lipinski definition) is 1. The molecule has 0 fully saturated rings. The zero-order valence-electron chi connectivity index (χ0n) is 6.35. The monoisotopic (exact) mass is 125 g/mol. The van der Waals surface area contributed by atoms with Gasteiger partial charge in [-0.3, -0.25) is 0 Å². The van der Waals surface area contributed by atoms with Gasteiger partial charge < -0.3 is 4.99 Å². The molecule has 0 amide bonds. The normalized spacial score (nSPS) is 11.6. The maximum absolute atomic E-state index is 3.75. The summed E-state index contributed by atoms with van der Waals surface area (Å²) >= 11 is 0. The number of aliphatic imine (C=N–C) groups is 1. The summed E-state index contributed by atoms with van der Waals surface area (Å²) in [5.74, 6) is 0. The van der Waals surface area contributed by atoms with Crippen LogP contribution < -0.4 is 0 Å². The van der Waals surface area contributed by atoms with Gasteiger partial charge in [-0.2, -0.15) is 0 Å². The zero-order chi connectivity index (χ0) is 7.11. The molecule has 0 unspecified atom stereocenters. The molecule has 0 aliphatic rings. The molecule has 9 heavy (non-hydrogen) atoms.